The fourth-order valence-electron chi connectivity index (χ4n) is 8.64. The Hall–Kier alpha value is -0.820. The van der Waals surface area contributed by atoms with Gasteiger partial charge in [0.1, 0.15) is 0 Å². The zero-order valence-corrected chi connectivity index (χ0v) is 20.3. The van der Waals surface area contributed by atoms with Gasteiger partial charge in [0.2, 0.25) is 0 Å². The second kappa shape index (κ2) is 8.27. The molecule has 3 saturated carbocycles. The number of rotatable bonds is 5. The summed E-state index contributed by atoms with van der Waals surface area (Å²) in [7, 11) is 0. The molecule has 0 heterocycles. The molecule has 0 aliphatic heterocycles. The topological polar surface area (TPSA) is 20.2 Å². The van der Waals surface area contributed by atoms with Gasteiger partial charge < -0.3 is 5.11 Å². The predicted molar refractivity (Wildman–Crippen MR) is 128 cm³/mol. The summed E-state index contributed by atoms with van der Waals surface area (Å²) in [6.07, 6.45) is 18.7. The van der Waals surface area contributed by atoms with Crippen LogP contribution < -0.4 is 0 Å². The van der Waals surface area contributed by atoms with E-state index in [2.05, 4.69) is 59.4 Å². The van der Waals surface area contributed by atoms with Crippen LogP contribution in [0, 0.1) is 46.3 Å². The van der Waals surface area contributed by atoms with Crippen molar-refractivity contribution < 1.29 is 5.11 Å². The van der Waals surface area contributed by atoms with Gasteiger partial charge in [-0.25, -0.2) is 0 Å². The van der Waals surface area contributed by atoms with E-state index in [1.54, 1.807) is 5.57 Å². The average Bonchev–Trinajstić information content (AvgIpc) is 3.06. The monoisotopic (exact) mass is 410 g/mol. The maximum atomic E-state index is 10.2. The van der Waals surface area contributed by atoms with Crippen molar-refractivity contribution >= 4 is 0 Å². The van der Waals surface area contributed by atoms with Crippen LogP contribution in [-0.2, 0) is 0 Å². The zero-order valence-electron chi connectivity index (χ0n) is 20.3. The van der Waals surface area contributed by atoms with E-state index in [0.29, 0.717) is 22.7 Å². The standard InChI is InChI=1S/C29H46O/c1-7-21(19(2)3)9-8-20(4)25-12-13-26-24-11-10-22-18-23(30)14-16-28(22,5)27(24)15-17-29(25,26)6/h8-10,20-21,23-27,30H,2,7,11-18H2,1,3-6H3/t20-,21-,23?,24+,25-,26+,27+,28+,29-/m1/s1. The number of hydrogen-bond donors (Lipinski definition) is 1. The van der Waals surface area contributed by atoms with E-state index in [9.17, 15) is 5.11 Å². The lowest BCUT2D eigenvalue weighted by atomic mass is 9.47. The third kappa shape index (κ3) is 3.58. The minimum Gasteiger partial charge on any atom is -0.393 e. The van der Waals surface area contributed by atoms with E-state index >= 15 is 0 Å². The van der Waals surface area contributed by atoms with Crippen LogP contribution >= 0.6 is 0 Å². The smallest absolute Gasteiger partial charge is 0.0577 e. The molecule has 1 unspecified atom stereocenters. The lowest BCUT2D eigenvalue weighted by molar-refractivity contribution is -0.0540. The lowest BCUT2D eigenvalue weighted by Gasteiger charge is -2.58. The molecule has 0 saturated heterocycles. The summed E-state index contributed by atoms with van der Waals surface area (Å²) in [6.45, 7) is 16.3. The summed E-state index contributed by atoms with van der Waals surface area (Å²) in [5.41, 5.74) is 3.77. The molecular formula is C29H46O. The minimum atomic E-state index is -0.0932. The Morgan fingerprint density at radius 3 is 2.63 bits per heavy atom. The highest BCUT2D eigenvalue weighted by Gasteiger charge is 2.58. The van der Waals surface area contributed by atoms with Gasteiger partial charge in [-0.3, -0.25) is 0 Å². The van der Waals surface area contributed by atoms with Gasteiger partial charge >= 0.3 is 0 Å². The Labute approximate surface area is 186 Å². The normalized spacial score (nSPS) is 45.3. The predicted octanol–water partition coefficient (Wildman–Crippen LogP) is 7.72. The first-order valence-corrected chi connectivity index (χ1v) is 12.9. The molecule has 0 radical (unpaired) electrons. The molecule has 0 aromatic heterocycles. The van der Waals surface area contributed by atoms with Gasteiger partial charge in [-0.1, -0.05) is 63.6 Å². The van der Waals surface area contributed by atoms with Crippen LogP contribution in [0.25, 0.3) is 0 Å². The maximum absolute atomic E-state index is 10.2. The molecule has 0 aromatic carbocycles. The fourth-order valence-corrected chi connectivity index (χ4v) is 8.64. The first kappa shape index (κ1) is 22.4. The summed E-state index contributed by atoms with van der Waals surface area (Å²) in [4.78, 5) is 0. The molecule has 0 bridgehead atoms. The maximum Gasteiger partial charge on any atom is 0.0577 e. The molecule has 9 atom stereocenters. The van der Waals surface area contributed by atoms with Crippen LogP contribution in [0.4, 0.5) is 0 Å². The van der Waals surface area contributed by atoms with Crippen LogP contribution in [-0.4, -0.2) is 11.2 Å². The first-order valence-electron chi connectivity index (χ1n) is 12.9. The number of allylic oxidation sites excluding steroid dienone is 4. The highest BCUT2D eigenvalue weighted by molar-refractivity contribution is 5.25. The number of aliphatic hydroxyl groups is 1. The van der Waals surface area contributed by atoms with Crippen LogP contribution in [0.1, 0.15) is 92.4 Å². The van der Waals surface area contributed by atoms with Gasteiger partial charge in [-0.15, -0.1) is 0 Å². The Morgan fingerprint density at radius 2 is 1.93 bits per heavy atom. The third-order valence-electron chi connectivity index (χ3n) is 10.5. The Bertz CT molecular complexity index is 716. The van der Waals surface area contributed by atoms with Crippen molar-refractivity contribution in [3.63, 3.8) is 0 Å². The summed E-state index contributed by atoms with van der Waals surface area (Å²) in [6, 6.07) is 0. The van der Waals surface area contributed by atoms with Crippen molar-refractivity contribution in [3.8, 4) is 0 Å². The van der Waals surface area contributed by atoms with Gasteiger partial charge in [0.25, 0.3) is 0 Å². The second-order valence-electron chi connectivity index (χ2n) is 12.0. The molecule has 30 heavy (non-hydrogen) atoms. The molecular weight excluding hydrogens is 364 g/mol. The minimum absolute atomic E-state index is 0.0932. The molecule has 168 valence electrons. The number of fused-ring (bicyclic) bond motifs is 5. The SMILES string of the molecule is C=C(C)[C@@H](C=C[C@@H](C)[C@H]1CC[C@H]2[C@@H]3CC=C4CC(O)CC[C@]4(C)[C@H]3CC[C@]12C)CC. The Morgan fingerprint density at radius 1 is 1.17 bits per heavy atom. The second-order valence-corrected chi connectivity index (χ2v) is 12.0. The molecule has 0 aromatic rings. The van der Waals surface area contributed by atoms with Gasteiger partial charge in [0.05, 0.1) is 6.10 Å². The molecule has 3 fully saturated rings. The van der Waals surface area contributed by atoms with Crippen molar-refractivity contribution in [2.24, 2.45) is 46.3 Å². The molecule has 4 aliphatic carbocycles. The van der Waals surface area contributed by atoms with Crippen molar-refractivity contribution in [1.82, 2.24) is 0 Å². The van der Waals surface area contributed by atoms with E-state index in [4.69, 9.17) is 0 Å². The third-order valence-corrected chi connectivity index (χ3v) is 10.5. The van der Waals surface area contributed by atoms with Gasteiger partial charge in [0.15, 0.2) is 0 Å². The van der Waals surface area contributed by atoms with E-state index in [1.165, 1.54) is 44.1 Å². The number of aliphatic hydroxyl groups excluding tert-OH is 1. The first-order chi connectivity index (χ1) is 14.2. The van der Waals surface area contributed by atoms with Crippen LogP contribution in [0.15, 0.2) is 36.0 Å². The van der Waals surface area contributed by atoms with Crippen LogP contribution in [0.5, 0.6) is 0 Å². The molecule has 1 heteroatoms. The van der Waals surface area contributed by atoms with Crippen molar-refractivity contribution in [2.75, 3.05) is 0 Å². The zero-order chi connectivity index (χ0) is 21.7. The van der Waals surface area contributed by atoms with E-state index in [0.717, 1.165) is 42.9 Å². The summed E-state index contributed by atoms with van der Waals surface area (Å²) < 4.78 is 0. The quantitative estimate of drug-likeness (QED) is 0.460. The van der Waals surface area contributed by atoms with Crippen molar-refractivity contribution in [2.45, 2.75) is 98.5 Å². The Kier molecular flexibility index (Phi) is 6.17. The highest BCUT2D eigenvalue weighted by atomic mass is 16.3. The summed E-state index contributed by atoms with van der Waals surface area (Å²) >= 11 is 0. The molecule has 4 aliphatic rings. The van der Waals surface area contributed by atoms with Crippen molar-refractivity contribution in [3.05, 3.63) is 36.0 Å². The van der Waals surface area contributed by atoms with Gasteiger partial charge in [-0.2, -0.15) is 0 Å². The van der Waals surface area contributed by atoms with Gasteiger partial charge in [0, 0.05) is 0 Å². The Balaban J connectivity index is 1.53. The molecule has 0 spiro atoms. The van der Waals surface area contributed by atoms with E-state index in [1.807, 2.05) is 0 Å². The molecule has 0 amide bonds. The summed E-state index contributed by atoms with van der Waals surface area (Å²) in [5, 5.41) is 10.2. The average molecular weight is 411 g/mol. The summed E-state index contributed by atoms with van der Waals surface area (Å²) in [5.74, 6) is 4.64. The van der Waals surface area contributed by atoms with Crippen molar-refractivity contribution in [1.29, 1.82) is 0 Å². The fraction of sp³-hybridized carbons (Fsp3) is 0.793. The highest BCUT2D eigenvalue weighted by Crippen LogP contribution is 2.67. The largest absolute Gasteiger partial charge is 0.393 e. The van der Waals surface area contributed by atoms with Crippen LogP contribution in [0.2, 0.25) is 0 Å². The number of hydrogen-bond acceptors (Lipinski definition) is 1. The van der Waals surface area contributed by atoms with E-state index in [-0.39, 0.29) is 6.10 Å². The van der Waals surface area contributed by atoms with E-state index < -0.39 is 0 Å². The lowest BCUT2D eigenvalue weighted by Crippen LogP contribution is -2.50. The molecule has 4 rings (SSSR count). The van der Waals surface area contributed by atoms with Crippen LogP contribution in [0.3, 0.4) is 0 Å². The molecule has 1 nitrogen and oxygen atoms in total. The molecule has 1 N–H and O–H groups in total. The van der Waals surface area contributed by atoms with Gasteiger partial charge in [-0.05, 0) is 111 Å².